The van der Waals surface area contributed by atoms with Gasteiger partial charge in [0.2, 0.25) is 11.9 Å². The predicted octanol–water partition coefficient (Wildman–Crippen LogP) is -0.168. The average Bonchev–Trinajstić information content (AvgIpc) is 2.76. The molecule has 0 aromatic carbocycles. The quantitative estimate of drug-likeness (QED) is 0.781. The normalized spacial score (nSPS) is 20.4. The van der Waals surface area contributed by atoms with E-state index in [-0.39, 0.29) is 12.1 Å². The summed E-state index contributed by atoms with van der Waals surface area (Å²) in [6.45, 7) is 3.11. The second-order valence-electron chi connectivity index (χ2n) is 4.25. The van der Waals surface area contributed by atoms with E-state index in [1.54, 1.807) is 0 Å². The summed E-state index contributed by atoms with van der Waals surface area (Å²) in [5.41, 5.74) is 5.66. The summed E-state index contributed by atoms with van der Waals surface area (Å²) in [5, 5.41) is 0. The molecule has 0 bridgehead atoms. The monoisotopic (exact) mass is 237 g/mol. The fourth-order valence-electron chi connectivity index (χ4n) is 1.90. The van der Waals surface area contributed by atoms with E-state index in [1.807, 2.05) is 0 Å². The first kappa shape index (κ1) is 10.5. The minimum Gasteiger partial charge on any atom is -0.455 e. The van der Waals surface area contributed by atoms with Gasteiger partial charge in [-0.3, -0.25) is 0 Å². The Bertz CT molecular complexity index is 404. The third-order valence-electron chi connectivity index (χ3n) is 2.89. The maximum absolute atomic E-state index is 5.66. The fraction of sp³-hybridized carbons (Fsp3) is 0.700. The lowest BCUT2D eigenvalue weighted by Gasteiger charge is -2.25. The maximum Gasteiger partial charge on any atom is 0.323 e. The maximum atomic E-state index is 5.66. The number of nitrogens with zero attached hydrogens (tertiary/aromatic N) is 4. The van der Waals surface area contributed by atoms with Gasteiger partial charge in [0, 0.05) is 13.1 Å². The molecule has 2 fully saturated rings. The van der Waals surface area contributed by atoms with Gasteiger partial charge in [-0.1, -0.05) is 0 Å². The molecular formula is C10H15N5O2. The van der Waals surface area contributed by atoms with Gasteiger partial charge in [-0.05, 0) is 12.8 Å². The van der Waals surface area contributed by atoms with Crippen LogP contribution in [0.25, 0.3) is 0 Å². The molecule has 0 unspecified atom stereocenters. The van der Waals surface area contributed by atoms with Crippen molar-refractivity contribution < 1.29 is 9.47 Å². The highest BCUT2D eigenvalue weighted by Gasteiger charge is 2.23. The van der Waals surface area contributed by atoms with Crippen LogP contribution in [0.3, 0.4) is 0 Å². The summed E-state index contributed by atoms with van der Waals surface area (Å²) in [6.07, 6.45) is 2.37. The molecule has 2 saturated heterocycles. The van der Waals surface area contributed by atoms with Gasteiger partial charge in [0.1, 0.15) is 6.10 Å². The smallest absolute Gasteiger partial charge is 0.323 e. The zero-order valence-electron chi connectivity index (χ0n) is 9.50. The zero-order chi connectivity index (χ0) is 11.7. The van der Waals surface area contributed by atoms with Crippen LogP contribution in [-0.4, -0.2) is 47.4 Å². The number of anilines is 2. The van der Waals surface area contributed by atoms with Crippen LogP contribution in [0.1, 0.15) is 12.8 Å². The van der Waals surface area contributed by atoms with Crippen LogP contribution < -0.4 is 15.4 Å². The molecule has 3 rings (SSSR count). The van der Waals surface area contributed by atoms with Gasteiger partial charge in [-0.15, -0.1) is 0 Å². The molecule has 0 aliphatic carbocycles. The molecule has 0 amide bonds. The van der Waals surface area contributed by atoms with Gasteiger partial charge in [-0.25, -0.2) is 0 Å². The standard InChI is InChI=1S/C10H15N5O2/c11-8-12-9(15-3-1-2-4-15)14-10(13-8)17-7-5-16-6-7/h7H,1-6H2,(H2,11,12,13,14). The molecule has 2 aliphatic rings. The van der Waals surface area contributed by atoms with Gasteiger partial charge in [-0.2, -0.15) is 15.0 Å². The van der Waals surface area contributed by atoms with E-state index in [2.05, 4.69) is 19.9 Å². The van der Waals surface area contributed by atoms with Crippen molar-refractivity contribution in [3.63, 3.8) is 0 Å². The Labute approximate surface area is 99.0 Å². The van der Waals surface area contributed by atoms with E-state index in [1.165, 1.54) is 0 Å². The number of rotatable bonds is 3. The number of hydrogen-bond acceptors (Lipinski definition) is 7. The largest absolute Gasteiger partial charge is 0.455 e. The van der Waals surface area contributed by atoms with Crippen LogP contribution in [-0.2, 0) is 4.74 Å². The Morgan fingerprint density at radius 3 is 2.59 bits per heavy atom. The number of ether oxygens (including phenoxy) is 2. The van der Waals surface area contributed by atoms with Crippen molar-refractivity contribution in [1.82, 2.24) is 15.0 Å². The lowest BCUT2D eigenvalue weighted by atomic mass is 10.3. The molecule has 0 radical (unpaired) electrons. The molecule has 0 spiro atoms. The first-order chi connectivity index (χ1) is 8.31. The lowest BCUT2D eigenvalue weighted by molar-refractivity contribution is -0.0830. The van der Waals surface area contributed by atoms with Gasteiger partial charge in [0.15, 0.2) is 0 Å². The number of nitrogens with two attached hydrogens (primary N) is 1. The Kier molecular flexibility index (Phi) is 2.68. The molecule has 1 aromatic rings. The SMILES string of the molecule is Nc1nc(OC2COC2)nc(N2CCCC2)n1. The van der Waals surface area contributed by atoms with Gasteiger partial charge in [0.05, 0.1) is 13.2 Å². The average molecular weight is 237 g/mol. The van der Waals surface area contributed by atoms with Crippen molar-refractivity contribution in [2.24, 2.45) is 0 Å². The Morgan fingerprint density at radius 1 is 1.18 bits per heavy atom. The van der Waals surface area contributed by atoms with Crippen molar-refractivity contribution in [2.45, 2.75) is 18.9 Å². The van der Waals surface area contributed by atoms with Crippen LogP contribution in [0.4, 0.5) is 11.9 Å². The highest BCUT2D eigenvalue weighted by Crippen LogP contribution is 2.19. The highest BCUT2D eigenvalue weighted by molar-refractivity contribution is 5.36. The Balaban J connectivity index is 1.78. The van der Waals surface area contributed by atoms with Crippen LogP contribution >= 0.6 is 0 Å². The van der Waals surface area contributed by atoms with E-state index in [0.29, 0.717) is 25.2 Å². The summed E-state index contributed by atoms with van der Waals surface area (Å²) < 4.78 is 10.6. The van der Waals surface area contributed by atoms with Crippen LogP contribution in [0.5, 0.6) is 6.01 Å². The highest BCUT2D eigenvalue weighted by atomic mass is 16.6. The third kappa shape index (κ3) is 2.23. The second kappa shape index (κ2) is 4.33. The first-order valence-corrected chi connectivity index (χ1v) is 5.82. The summed E-state index contributed by atoms with van der Waals surface area (Å²) >= 11 is 0. The number of nitrogen functional groups attached to an aromatic ring is 1. The summed E-state index contributed by atoms with van der Waals surface area (Å²) in [4.78, 5) is 14.5. The van der Waals surface area contributed by atoms with Crippen molar-refractivity contribution in [3.8, 4) is 6.01 Å². The lowest BCUT2D eigenvalue weighted by Crippen LogP contribution is -2.39. The molecule has 0 atom stereocenters. The minimum absolute atomic E-state index is 0.0447. The number of aromatic nitrogens is 3. The zero-order valence-corrected chi connectivity index (χ0v) is 9.50. The van der Waals surface area contributed by atoms with Crippen LogP contribution in [0.15, 0.2) is 0 Å². The van der Waals surface area contributed by atoms with E-state index in [9.17, 15) is 0 Å². The summed E-state index contributed by atoms with van der Waals surface area (Å²) in [7, 11) is 0. The second-order valence-corrected chi connectivity index (χ2v) is 4.25. The van der Waals surface area contributed by atoms with Crippen molar-refractivity contribution in [3.05, 3.63) is 0 Å². The molecule has 92 valence electrons. The van der Waals surface area contributed by atoms with E-state index >= 15 is 0 Å². The Morgan fingerprint density at radius 2 is 1.94 bits per heavy atom. The third-order valence-corrected chi connectivity index (χ3v) is 2.89. The summed E-state index contributed by atoms with van der Waals surface area (Å²) in [5.74, 6) is 0.822. The van der Waals surface area contributed by atoms with Gasteiger partial charge >= 0.3 is 6.01 Å². The van der Waals surface area contributed by atoms with Gasteiger partial charge in [0.25, 0.3) is 0 Å². The van der Waals surface area contributed by atoms with Gasteiger partial charge < -0.3 is 20.1 Å². The van der Waals surface area contributed by atoms with E-state index in [4.69, 9.17) is 15.2 Å². The van der Waals surface area contributed by atoms with Crippen molar-refractivity contribution in [2.75, 3.05) is 36.9 Å². The van der Waals surface area contributed by atoms with Crippen LogP contribution in [0, 0.1) is 0 Å². The van der Waals surface area contributed by atoms with E-state index < -0.39 is 0 Å². The molecule has 7 heteroatoms. The molecule has 2 aliphatic heterocycles. The van der Waals surface area contributed by atoms with Crippen LogP contribution in [0.2, 0.25) is 0 Å². The van der Waals surface area contributed by atoms with Crippen molar-refractivity contribution >= 4 is 11.9 Å². The summed E-state index contributed by atoms with van der Waals surface area (Å²) in [6, 6.07) is 0.299. The molecule has 7 nitrogen and oxygen atoms in total. The molecule has 1 aromatic heterocycles. The first-order valence-electron chi connectivity index (χ1n) is 5.82. The minimum atomic E-state index is 0.0447. The topological polar surface area (TPSA) is 86.4 Å². The molecular weight excluding hydrogens is 222 g/mol. The Hall–Kier alpha value is -1.63. The predicted molar refractivity (Wildman–Crippen MR) is 60.9 cm³/mol. The van der Waals surface area contributed by atoms with E-state index in [0.717, 1.165) is 25.9 Å². The molecule has 3 heterocycles. The molecule has 2 N–H and O–H groups in total. The fourth-order valence-corrected chi connectivity index (χ4v) is 1.90. The number of hydrogen-bond donors (Lipinski definition) is 1. The van der Waals surface area contributed by atoms with Crippen molar-refractivity contribution in [1.29, 1.82) is 0 Å². The molecule has 17 heavy (non-hydrogen) atoms. The molecule has 0 saturated carbocycles.